The van der Waals surface area contributed by atoms with Gasteiger partial charge in [-0.05, 0) is 36.4 Å². The zero-order chi connectivity index (χ0) is 26.2. The van der Waals surface area contributed by atoms with Crippen molar-refractivity contribution in [2.24, 2.45) is 0 Å². The number of rotatable bonds is 6. The van der Waals surface area contributed by atoms with Gasteiger partial charge in [0.2, 0.25) is 0 Å². The second-order valence-electron chi connectivity index (χ2n) is 9.39. The van der Waals surface area contributed by atoms with Crippen LogP contribution in [-0.4, -0.2) is 96.5 Å². The number of aromatic nitrogens is 2. The molecule has 1 amide bonds. The van der Waals surface area contributed by atoms with Gasteiger partial charge >= 0.3 is 0 Å². The van der Waals surface area contributed by atoms with Crippen molar-refractivity contribution in [3.8, 4) is 23.1 Å². The molecule has 196 valence electrons. The molecule has 2 saturated heterocycles. The molecule has 2 aliphatic heterocycles. The van der Waals surface area contributed by atoms with Crippen molar-refractivity contribution in [2.75, 3.05) is 70.5 Å². The van der Waals surface area contributed by atoms with Crippen LogP contribution < -0.4 is 10.4 Å². The number of carbonyl (C=O) groups excluding carboxylic acids is 1. The van der Waals surface area contributed by atoms with E-state index in [1.807, 2.05) is 36.4 Å². The number of amides is 1. The Bertz CT molecular complexity index is 1280. The number of hydrogen-bond donors (Lipinski definition) is 2. The molecule has 0 aliphatic carbocycles. The van der Waals surface area contributed by atoms with Crippen molar-refractivity contribution in [1.29, 1.82) is 0 Å². The minimum absolute atomic E-state index is 0.364. The standard InChI is InChI=1S/C29H32N6O3/c36-29(32-37)26-20-27(25-7-5-23(6-8-25)3-4-24-2-1-9-30-22-24)31-28(21-26)35-14-12-33(13-15-35)10-11-34-16-18-38-19-17-34/h1-2,5-9,20-22,37H,10-19H2,(H,32,36). The van der Waals surface area contributed by atoms with E-state index in [2.05, 4.69) is 31.5 Å². The molecule has 0 radical (unpaired) electrons. The lowest BCUT2D eigenvalue weighted by atomic mass is 10.1. The van der Waals surface area contributed by atoms with Crippen molar-refractivity contribution in [1.82, 2.24) is 25.2 Å². The van der Waals surface area contributed by atoms with Gasteiger partial charge in [-0.1, -0.05) is 24.0 Å². The van der Waals surface area contributed by atoms with Crippen LogP contribution in [0.1, 0.15) is 21.5 Å². The van der Waals surface area contributed by atoms with Gasteiger partial charge in [0, 0.05) is 87.0 Å². The third-order valence-corrected chi connectivity index (χ3v) is 6.90. The molecule has 5 rings (SSSR count). The zero-order valence-corrected chi connectivity index (χ0v) is 21.3. The van der Waals surface area contributed by atoms with E-state index in [-0.39, 0.29) is 0 Å². The summed E-state index contributed by atoms with van der Waals surface area (Å²) in [6.45, 7) is 9.25. The maximum atomic E-state index is 12.3. The van der Waals surface area contributed by atoms with E-state index >= 15 is 0 Å². The van der Waals surface area contributed by atoms with E-state index in [9.17, 15) is 10.0 Å². The highest BCUT2D eigenvalue weighted by Crippen LogP contribution is 2.25. The summed E-state index contributed by atoms with van der Waals surface area (Å²) in [6, 6.07) is 15.0. The van der Waals surface area contributed by atoms with E-state index < -0.39 is 5.91 Å². The highest BCUT2D eigenvalue weighted by Gasteiger charge is 2.21. The first-order chi connectivity index (χ1) is 18.7. The van der Waals surface area contributed by atoms with Crippen LogP contribution in [0.5, 0.6) is 0 Å². The van der Waals surface area contributed by atoms with E-state index in [1.165, 1.54) is 0 Å². The number of benzene rings is 1. The van der Waals surface area contributed by atoms with Crippen LogP contribution in [0.3, 0.4) is 0 Å². The molecule has 0 bridgehead atoms. The molecule has 9 nitrogen and oxygen atoms in total. The molecule has 3 aromatic rings. The fraction of sp³-hybridized carbons (Fsp3) is 0.345. The van der Waals surface area contributed by atoms with E-state index in [0.29, 0.717) is 11.3 Å². The SMILES string of the molecule is O=C(NO)c1cc(-c2ccc(C#Cc3cccnc3)cc2)nc(N2CCN(CCN3CCOCC3)CC2)c1. The van der Waals surface area contributed by atoms with Crippen LogP contribution in [0.2, 0.25) is 0 Å². The van der Waals surface area contributed by atoms with Gasteiger partial charge < -0.3 is 9.64 Å². The Kier molecular flexibility index (Phi) is 8.58. The molecule has 2 aliphatic rings. The van der Waals surface area contributed by atoms with E-state index in [0.717, 1.165) is 88.1 Å². The minimum atomic E-state index is -0.557. The number of nitrogens with one attached hydrogen (secondary N) is 1. The summed E-state index contributed by atoms with van der Waals surface area (Å²) in [4.78, 5) is 28.5. The quantitative estimate of drug-likeness (QED) is 0.295. The Labute approximate surface area is 223 Å². The highest BCUT2D eigenvalue weighted by atomic mass is 16.5. The third kappa shape index (κ3) is 6.73. The number of ether oxygens (including phenoxy) is 1. The summed E-state index contributed by atoms with van der Waals surface area (Å²) in [7, 11) is 0. The summed E-state index contributed by atoms with van der Waals surface area (Å²) in [5.74, 6) is 6.43. The second-order valence-corrected chi connectivity index (χ2v) is 9.39. The maximum absolute atomic E-state index is 12.3. The zero-order valence-electron chi connectivity index (χ0n) is 21.3. The molecular formula is C29H32N6O3. The monoisotopic (exact) mass is 512 g/mol. The molecule has 4 heterocycles. The molecular weight excluding hydrogens is 480 g/mol. The van der Waals surface area contributed by atoms with Gasteiger partial charge in [-0.2, -0.15) is 0 Å². The summed E-state index contributed by atoms with van der Waals surface area (Å²) in [6.07, 6.45) is 3.45. The van der Waals surface area contributed by atoms with Crippen molar-refractivity contribution < 1.29 is 14.7 Å². The Morgan fingerprint density at radius 3 is 2.32 bits per heavy atom. The van der Waals surface area contributed by atoms with Crippen molar-refractivity contribution >= 4 is 11.7 Å². The van der Waals surface area contributed by atoms with Gasteiger partial charge in [0.15, 0.2) is 0 Å². The number of piperazine rings is 1. The van der Waals surface area contributed by atoms with Gasteiger partial charge in [0.1, 0.15) is 5.82 Å². The largest absolute Gasteiger partial charge is 0.379 e. The first-order valence-corrected chi connectivity index (χ1v) is 12.9. The lowest BCUT2D eigenvalue weighted by Gasteiger charge is -2.37. The number of nitrogens with zero attached hydrogens (tertiary/aromatic N) is 5. The summed E-state index contributed by atoms with van der Waals surface area (Å²) < 4.78 is 5.44. The maximum Gasteiger partial charge on any atom is 0.274 e. The Hall–Kier alpha value is -3.81. The minimum Gasteiger partial charge on any atom is -0.379 e. The normalized spacial score (nSPS) is 16.5. The Balaban J connectivity index is 1.28. The lowest BCUT2D eigenvalue weighted by Crippen LogP contribution is -2.49. The fourth-order valence-corrected chi connectivity index (χ4v) is 4.64. The molecule has 38 heavy (non-hydrogen) atoms. The van der Waals surface area contributed by atoms with Gasteiger partial charge in [0.25, 0.3) is 5.91 Å². The van der Waals surface area contributed by atoms with Gasteiger partial charge in [-0.15, -0.1) is 0 Å². The summed E-state index contributed by atoms with van der Waals surface area (Å²) in [5.41, 5.74) is 5.38. The average molecular weight is 513 g/mol. The number of anilines is 1. The van der Waals surface area contributed by atoms with Gasteiger partial charge in [0.05, 0.1) is 18.9 Å². The van der Waals surface area contributed by atoms with Crippen LogP contribution in [0.4, 0.5) is 5.82 Å². The topological polar surface area (TPSA) is 94.1 Å². The van der Waals surface area contributed by atoms with Crippen molar-refractivity contribution in [2.45, 2.75) is 0 Å². The number of carbonyl (C=O) groups is 1. The first-order valence-electron chi connectivity index (χ1n) is 12.9. The Morgan fingerprint density at radius 2 is 1.63 bits per heavy atom. The fourth-order valence-electron chi connectivity index (χ4n) is 4.64. The first kappa shape index (κ1) is 25.8. The van der Waals surface area contributed by atoms with Crippen molar-refractivity contribution in [3.63, 3.8) is 0 Å². The van der Waals surface area contributed by atoms with Gasteiger partial charge in [-0.25, -0.2) is 10.5 Å². The predicted octanol–water partition coefficient (Wildman–Crippen LogP) is 2.12. The molecule has 9 heteroatoms. The lowest BCUT2D eigenvalue weighted by molar-refractivity contribution is 0.0331. The van der Waals surface area contributed by atoms with Crippen LogP contribution in [0.25, 0.3) is 11.3 Å². The number of hydrogen-bond acceptors (Lipinski definition) is 8. The molecule has 1 aromatic carbocycles. The third-order valence-electron chi connectivity index (χ3n) is 6.90. The van der Waals surface area contributed by atoms with Crippen LogP contribution in [0.15, 0.2) is 60.9 Å². The van der Waals surface area contributed by atoms with Crippen molar-refractivity contribution in [3.05, 3.63) is 77.6 Å². The van der Waals surface area contributed by atoms with Crippen LogP contribution in [0, 0.1) is 11.8 Å². The summed E-state index contributed by atoms with van der Waals surface area (Å²) >= 11 is 0. The number of morpholine rings is 1. The van der Waals surface area contributed by atoms with Crippen LogP contribution >= 0.6 is 0 Å². The highest BCUT2D eigenvalue weighted by molar-refractivity contribution is 5.95. The van der Waals surface area contributed by atoms with E-state index in [4.69, 9.17) is 9.72 Å². The average Bonchev–Trinajstić information content (AvgIpc) is 3.00. The summed E-state index contributed by atoms with van der Waals surface area (Å²) in [5, 5.41) is 9.27. The van der Waals surface area contributed by atoms with E-state index in [1.54, 1.807) is 30.0 Å². The number of pyridine rings is 2. The van der Waals surface area contributed by atoms with Gasteiger partial charge in [-0.3, -0.25) is 24.8 Å². The smallest absolute Gasteiger partial charge is 0.274 e. The molecule has 0 unspecified atom stereocenters. The molecule has 0 spiro atoms. The molecule has 2 N–H and O–H groups in total. The Morgan fingerprint density at radius 1 is 0.921 bits per heavy atom. The molecule has 2 aromatic heterocycles. The molecule has 0 saturated carbocycles. The predicted molar refractivity (Wildman–Crippen MR) is 145 cm³/mol. The number of hydroxylamine groups is 1. The molecule has 0 atom stereocenters. The second kappa shape index (κ2) is 12.6. The van der Waals surface area contributed by atoms with Crippen LogP contribution in [-0.2, 0) is 4.74 Å². The molecule has 2 fully saturated rings.